The van der Waals surface area contributed by atoms with Crippen LogP contribution < -0.4 is 5.32 Å². The SMILES string of the molecule is CCSc1ccc(CN(C)CC2CCNC2)cc1. The average Bonchev–Trinajstić information content (AvgIpc) is 2.84. The minimum Gasteiger partial charge on any atom is -0.316 e. The molecule has 1 N–H and O–H groups in total. The maximum atomic E-state index is 3.43. The van der Waals surface area contributed by atoms with E-state index in [2.05, 4.69) is 48.5 Å². The van der Waals surface area contributed by atoms with E-state index in [0.29, 0.717) is 0 Å². The molecule has 1 aliphatic heterocycles. The predicted octanol–water partition coefficient (Wildman–Crippen LogP) is 2.84. The molecule has 0 saturated carbocycles. The van der Waals surface area contributed by atoms with Crippen LogP contribution in [0.2, 0.25) is 0 Å². The Bertz CT molecular complexity index is 344. The maximum Gasteiger partial charge on any atom is 0.0230 e. The molecule has 1 atom stereocenters. The van der Waals surface area contributed by atoms with Crippen LogP contribution in [0.15, 0.2) is 29.2 Å². The molecule has 1 aromatic carbocycles. The smallest absolute Gasteiger partial charge is 0.0230 e. The molecule has 0 bridgehead atoms. The molecule has 0 aliphatic carbocycles. The molecule has 1 heterocycles. The molecule has 1 fully saturated rings. The second kappa shape index (κ2) is 7.17. The summed E-state index contributed by atoms with van der Waals surface area (Å²) < 4.78 is 0. The summed E-state index contributed by atoms with van der Waals surface area (Å²) in [7, 11) is 2.23. The van der Waals surface area contributed by atoms with Gasteiger partial charge in [0.25, 0.3) is 0 Å². The van der Waals surface area contributed by atoms with Crippen LogP contribution in [-0.4, -0.2) is 37.3 Å². The van der Waals surface area contributed by atoms with Crippen LogP contribution in [0.5, 0.6) is 0 Å². The largest absolute Gasteiger partial charge is 0.316 e. The Hall–Kier alpha value is -0.510. The van der Waals surface area contributed by atoms with Gasteiger partial charge in [-0.1, -0.05) is 19.1 Å². The lowest BCUT2D eigenvalue weighted by Gasteiger charge is -2.20. The Kier molecular flexibility index (Phi) is 5.54. The molecule has 0 aromatic heterocycles. The van der Waals surface area contributed by atoms with Crippen LogP contribution in [0.25, 0.3) is 0 Å². The molecule has 0 amide bonds. The highest BCUT2D eigenvalue weighted by molar-refractivity contribution is 7.99. The lowest BCUT2D eigenvalue weighted by molar-refractivity contribution is 0.278. The van der Waals surface area contributed by atoms with Gasteiger partial charge in [0.1, 0.15) is 0 Å². The summed E-state index contributed by atoms with van der Waals surface area (Å²) in [5.41, 5.74) is 1.42. The maximum absolute atomic E-state index is 3.43. The van der Waals surface area contributed by atoms with Crippen LogP contribution in [0, 0.1) is 5.92 Å². The van der Waals surface area contributed by atoms with Gasteiger partial charge in [-0.25, -0.2) is 0 Å². The van der Waals surface area contributed by atoms with E-state index >= 15 is 0 Å². The Morgan fingerprint density at radius 1 is 1.33 bits per heavy atom. The molecule has 0 spiro atoms. The highest BCUT2D eigenvalue weighted by Gasteiger charge is 2.16. The third-order valence-electron chi connectivity index (χ3n) is 3.42. The number of hydrogen-bond acceptors (Lipinski definition) is 3. The first-order valence-corrected chi connectivity index (χ1v) is 7.87. The van der Waals surface area contributed by atoms with Crippen molar-refractivity contribution in [2.24, 2.45) is 5.92 Å². The third kappa shape index (κ3) is 4.30. The monoisotopic (exact) mass is 264 g/mol. The van der Waals surface area contributed by atoms with Crippen molar-refractivity contribution in [2.75, 3.05) is 32.4 Å². The molecule has 2 nitrogen and oxygen atoms in total. The number of benzene rings is 1. The van der Waals surface area contributed by atoms with Crippen molar-refractivity contribution < 1.29 is 0 Å². The molecular weight excluding hydrogens is 240 g/mol. The summed E-state index contributed by atoms with van der Waals surface area (Å²) >= 11 is 1.91. The zero-order valence-electron chi connectivity index (χ0n) is 11.5. The fourth-order valence-corrected chi connectivity index (χ4v) is 3.21. The van der Waals surface area contributed by atoms with Gasteiger partial charge in [-0.2, -0.15) is 0 Å². The lowest BCUT2D eigenvalue weighted by atomic mass is 10.1. The van der Waals surface area contributed by atoms with Crippen molar-refractivity contribution >= 4 is 11.8 Å². The Labute approximate surface area is 115 Å². The molecule has 2 rings (SSSR count). The van der Waals surface area contributed by atoms with E-state index in [1.807, 2.05) is 11.8 Å². The van der Waals surface area contributed by atoms with Crippen LogP contribution in [0.4, 0.5) is 0 Å². The molecule has 100 valence electrons. The van der Waals surface area contributed by atoms with Crippen molar-refractivity contribution in [3.05, 3.63) is 29.8 Å². The fourth-order valence-electron chi connectivity index (χ4n) is 2.55. The van der Waals surface area contributed by atoms with Gasteiger partial charge in [-0.3, -0.25) is 0 Å². The van der Waals surface area contributed by atoms with Gasteiger partial charge in [0.15, 0.2) is 0 Å². The van der Waals surface area contributed by atoms with E-state index < -0.39 is 0 Å². The van der Waals surface area contributed by atoms with Crippen molar-refractivity contribution in [1.82, 2.24) is 10.2 Å². The summed E-state index contributed by atoms with van der Waals surface area (Å²) in [5.74, 6) is 1.98. The van der Waals surface area contributed by atoms with E-state index in [1.54, 1.807) is 0 Å². The van der Waals surface area contributed by atoms with Gasteiger partial charge in [-0.15, -0.1) is 11.8 Å². The summed E-state index contributed by atoms with van der Waals surface area (Å²) in [6, 6.07) is 9.02. The quantitative estimate of drug-likeness (QED) is 0.795. The van der Waals surface area contributed by atoms with Gasteiger partial charge in [0.05, 0.1) is 0 Å². The first kappa shape index (κ1) is 13.9. The normalized spacial score (nSPS) is 19.6. The Morgan fingerprint density at radius 2 is 2.11 bits per heavy atom. The van der Waals surface area contributed by atoms with Crippen LogP contribution in [0.1, 0.15) is 18.9 Å². The summed E-state index contributed by atoms with van der Waals surface area (Å²) in [6.45, 7) is 6.85. The number of rotatable bonds is 6. The minimum absolute atomic E-state index is 0.838. The lowest BCUT2D eigenvalue weighted by Crippen LogP contribution is -2.26. The first-order chi connectivity index (χ1) is 8.78. The molecule has 1 aromatic rings. The van der Waals surface area contributed by atoms with E-state index in [0.717, 1.165) is 18.2 Å². The number of hydrogen-bond donors (Lipinski definition) is 1. The minimum atomic E-state index is 0.838. The zero-order valence-corrected chi connectivity index (χ0v) is 12.3. The average molecular weight is 264 g/mol. The summed E-state index contributed by atoms with van der Waals surface area (Å²) in [4.78, 5) is 3.82. The topological polar surface area (TPSA) is 15.3 Å². The molecule has 1 unspecified atom stereocenters. The fraction of sp³-hybridized carbons (Fsp3) is 0.600. The number of nitrogens with zero attached hydrogens (tertiary/aromatic N) is 1. The van der Waals surface area contributed by atoms with Gasteiger partial charge < -0.3 is 10.2 Å². The highest BCUT2D eigenvalue weighted by atomic mass is 32.2. The van der Waals surface area contributed by atoms with Crippen molar-refractivity contribution in [1.29, 1.82) is 0 Å². The second-order valence-corrected chi connectivity index (χ2v) is 6.47. The number of thioether (sulfide) groups is 1. The van der Waals surface area contributed by atoms with Crippen molar-refractivity contribution in [3.8, 4) is 0 Å². The predicted molar refractivity (Wildman–Crippen MR) is 80.2 cm³/mol. The third-order valence-corrected chi connectivity index (χ3v) is 4.31. The first-order valence-electron chi connectivity index (χ1n) is 6.89. The van der Waals surface area contributed by atoms with Crippen LogP contribution in [-0.2, 0) is 6.54 Å². The molecule has 1 saturated heterocycles. The van der Waals surface area contributed by atoms with E-state index in [-0.39, 0.29) is 0 Å². The second-order valence-electron chi connectivity index (χ2n) is 5.13. The van der Waals surface area contributed by atoms with Gasteiger partial charge in [-0.05, 0) is 55.9 Å². The van der Waals surface area contributed by atoms with Crippen molar-refractivity contribution in [2.45, 2.75) is 24.8 Å². The van der Waals surface area contributed by atoms with E-state index in [1.165, 1.54) is 36.5 Å². The Morgan fingerprint density at radius 3 is 2.72 bits per heavy atom. The zero-order chi connectivity index (χ0) is 12.8. The number of nitrogens with one attached hydrogen (secondary N) is 1. The molecule has 0 radical (unpaired) electrons. The van der Waals surface area contributed by atoms with Crippen LogP contribution >= 0.6 is 11.8 Å². The van der Waals surface area contributed by atoms with Gasteiger partial charge in [0, 0.05) is 18.0 Å². The van der Waals surface area contributed by atoms with E-state index in [9.17, 15) is 0 Å². The van der Waals surface area contributed by atoms with E-state index in [4.69, 9.17) is 0 Å². The van der Waals surface area contributed by atoms with Crippen LogP contribution in [0.3, 0.4) is 0 Å². The molecule has 3 heteroatoms. The molecule has 1 aliphatic rings. The molecule has 18 heavy (non-hydrogen) atoms. The highest BCUT2D eigenvalue weighted by Crippen LogP contribution is 2.18. The van der Waals surface area contributed by atoms with Gasteiger partial charge >= 0.3 is 0 Å². The van der Waals surface area contributed by atoms with Crippen molar-refractivity contribution in [3.63, 3.8) is 0 Å². The van der Waals surface area contributed by atoms with Gasteiger partial charge in [0.2, 0.25) is 0 Å². The molecular formula is C15H24N2S. The summed E-state index contributed by atoms with van der Waals surface area (Å²) in [6.07, 6.45) is 1.33. The standard InChI is InChI=1S/C15H24N2S/c1-3-18-15-6-4-13(5-7-15)11-17(2)12-14-8-9-16-10-14/h4-7,14,16H,3,8-12H2,1-2H3. The Balaban J connectivity index is 1.80. The summed E-state index contributed by atoms with van der Waals surface area (Å²) in [5, 5.41) is 3.43.